The molecule has 0 radical (unpaired) electrons. The Balaban J connectivity index is 1.38. The fraction of sp³-hybridized carbons (Fsp3) is 0.435. The number of carbonyl (C=O) groups is 2. The Bertz CT molecular complexity index is 1030. The number of aromatic amines is 1. The molecule has 1 aromatic carbocycles. The van der Waals surface area contributed by atoms with Crippen LogP contribution in [0.3, 0.4) is 0 Å². The summed E-state index contributed by atoms with van der Waals surface area (Å²) in [5, 5.41) is 6.82. The third kappa shape index (κ3) is 2.88. The van der Waals surface area contributed by atoms with Gasteiger partial charge in [0.2, 0.25) is 11.8 Å². The van der Waals surface area contributed by atoms with Crippen LogP contribution in [0.5, 0.6) is 0 Å². The predicted molar refractivity (Wildman–Crippen MR) is 110 cm³/mol. The number of H-pyrrole nitrogens is 1. The average Bonchev–Trinajstić information content (AvgIpc) is 3.47. The Labute approximate surface area is 175 Å². The third-order valence-corrected chi connectivity index (χ3v) is 6.67. The van der Waals surface area contributed by atoms with Crippen molar-refractivity contribution in [2.24, 2.45) is 11.8 Å². The maximum Gasteiger partial charge on any atom is 0.230 e. The molecule has 156 valence electrons. The lowest BCUT2D eigenvalue weighted by molar-refractivity contribution is -0.142. The topological polar surface area (TPSA) is 78.5 Å². The van der Waals surface area contributed by atoms with Gasteiger partial charge in [0.25, 0.3) is 0 Å². The molecule has 0 aliphatic carbocycles. The van der Waals surface area contributed by atoms with Gasteiger partial charge in [-0.15, -0.1) is 0 Å². The Morgan fingerprint density at radius 1 is 1.37 bits per heavy atom. The van der Waals surface area contributed by atoms with Crippen molar-refractivity contribution in [1.29, 1.82) is 0 Å². The first-order chi connectivity index (χ1) is 14.4. The number of fused-ring (bicyclic) bond motifs is 1. The molecule has 3 aliphatic heterocycles. The SMILES string of the molecule is Cc1ccc(C)c(CN2C[C@]34C=C[C@H](O3)[C@H](C(=O)N(C)Cc3ccn[nH]3)[C@H]4C2=O)c1. The zero-order chi connectivity index (χ0) is 21.0. The number of nitrogens with zero attached hydrogens (tertiary/aromatic N) is 3. The predicted octanol–water partition coefficient (Wildman–Crippen LogP) is 1.97. The Morgan fingerprint density at radius 3 is 2.97 bits per heavy atom. The highest BCUT2D eigenvalue weighted by atomic mass is 16.5. The van der Waals surface area contributed by atoms with Gasteiger partial charge in [-0.05, 0) is 31.0 Å². The third-order valence-electron chi connectivity index (χ3n) is 6.67. The maximum atomic E-state index is 13.5. The molecule has 2 bridgehead atoms. The molecule has 2 saturated heterocycles. The Morgan fingerprint density at radius 2 is 2.20 bits per heavy atom. The van der Waals surface area contributed by atoms with Gasteiger partial charge in [0.15, 0.2) is 0 Å². The number of hydrogen-bond donors (Lipinski definition) is 1. The molecule has 1 spiro atoms. The first-order valence-corrected chi connectivity index (χ1v) is 10.3. The second kappa shape index (κ2) is 6.80. The highest BCUT2D eigenvalue weighted by Gasteiger charge is 2.67. The van der Waals surface area contributed by atoms with E-state index in [-0.39, 0.29) is 17.9 Å². The first kappa shape index (κ1) is 19.1. The number of benzene rings is 1. The van der Waals surface area contributed by atoms with Crippen LogP contribution in [-0.4, -0.2) is 57.1 Å². The number of aryl methyl sites for hydroxylation is 2. The molecule has 7 nitrogen and oxygen atoms in total. The van der Waals surface area contributed by atoms with Crippen molar-refractivity contribution >= 4 is 11.8 Å². The second-order valence-corrected chi connectivity index (χ2v) is 8.80. The van der Waals surface area contributed by atoms with E-state index in [0.29, 0.717) is 19.6 Å². The van der Waals surface area contributed by atoms with Crippen molar-refractivity contribution in [3.05, 3.63) is 65.0 Å². The quantitative estimate of drug-likeness (QED) is 0.770. The highest BCUT2D eigenvalue weighted by Crippen LogP contribution is 2.52. The minimum atomic E-state index is -0.686. The van der Waals surface area contributed by atoms with Crippen molar-refractivity contribution < 1.29 is 14.3 Å². The van der Waals surface area contributed by atoms with Crippen LogP contribution >= 0.6 is 0 Å². The van der Waals surface area contributed by atoms with Gasteiger partial charge in [-0.1, -0.05) is 35.9 Å². The maximum absolute atomic E-state index is 13.5. The van der Waals surface area contributed by atoms with Gasteiger partial charge in [0, 0.05) is 19.8 Å². The van der Waals surface area contributed by atoms with Gasteiger partial charge >= 0.3 is 0 Å². The van der Waals surface area contributed by atoms with E-state index in [1.54, 1.807) is 18.1 Å². The van der Waals surface area contributed by atoms with E-state index in [1.807, 2.05) is 23.1 Å². The summed E-state index contributed by atoms with van der Waals surface area (Å²) in [7, 11) is 1.76. The molecule has 5 rings (SSSR count). The van der Waals surface area contributed by atoms with E-state index in [0.717, 1.165) is 16.8 Å². The number of likely N-dealkylation sites (tertiary alicyclic amines) is 1. The van der Waals surface area contributed by atoms with Gasteiger partial charge in [-0.3, -0.25) is 14.7 Å². The lowest BCUT2D eigenvalue weighted by atomic mass is 9.76. The van der Waals surface area contributed by atoms with Crippen molar-refractivity contribution in [1.82, 2.24) is 20.0 Å². The molecule has 4 atom stereocenters. The van der Waals surface area contributed by atoms with E-state index in [1.165, 1.54) is 5.56 Å². The van der Waals surface area contributed by atoms with E-state index >= 15 is 0 Å². The van der Waals surface area contributed by atoms with E-state index < -0.39 is 17.4 Å². The van der Waals surface area contributed by atoms with Crippen molar-refractivity contribution in [2.45, 2.75) is 38.6 Å². The molecule has 1 aromatic heterocycles. The zero-order valence-electron chi connectivity index (χ0n) is 17.5. The summed E-state index contributed by atoms with van der Waals surface area (Å²) in [6.07, 6.45) is 5.29. The van der Waals surface area contributed by atoms with Gasteiger partial charge in [-0.2, -0.15) is 5.10 Å². The summed E-state index contributed by atoms with van der Waals surface area (Å²) >= 11 is 0. The zero-order valence-corrected chi connectivity index (χ0v) is 17.5. The first-order valence-electron chi connectivity index (χ1n) is 10.3. The lowest BCUT2D eigenvalue weighted by Crippen LogP contribution is -2.44. The number of amides is 2. The molecule has 7 heteroatoms. The number of nitrogens with one attached hydrogen (secondary N) is 1. The largest absolute Gasteiger partial charge is 0.360 e. The van der Waals surface area contributed by atoms with Gasteiger partial charge in [0.1, 0.15) is 5.60 Å². The molecule has 2 amide bonds. The van der Waals surface area contributed by atoms with Gasteiger partial charge in [-0.25, -0.2) is 0 Å². The van der Waals surface area contributed by atoms with E-state index in [2.05, 4.69) is 42.2 Å². The van der Waals surface area contributed by atoms with Crippen LogP contribution in [0.25, 0.3) is 0 Å². The average molecular weight is 406 g/mol. The molecular formula is C23H26N4O3. The van der Waals surface area contributed by atoms with Crippen molar-refractivity contribution in [3.63, 3.8) is 0 Å². The Kier molecular flexibility index (Phi) is 4.32. The summed E-state index contributed by atoms with van der Waals surface area (Å²) in [5.74, 6) is -1.00. The van der Waals surface area contributed by atoms with Crippen molar-refractivity contribution in [2.75, 3.05) is 13.6 Å². The van der Waals surface area contributed by atoms with Gasteiger partial charge < -0.3 is 14.5 Å². The van der Waals surface area contributed by atoms with Crippen LogP contribution in [0.2, 0.25) is 0 Å². The number of hydrogen-bond acceptors (Lipinski definition) is 4. The lowest BCUT2D eigenvalue weighted by Gasteiger charge is -2.27. The molecule has 0 saturated carbocycles. The minimum Gasteiger partial charge on any atom is -0.360 e. The van der Waals surface area contributed by atoms with Crippen LogP contribution in [0.4, 0.5) is 0 Å². The van der Waals surface area contributed by atoms with Crippen LogP contribution in [0.15, 0.2) is 42.6 Å². The smallest absolute Gasteiger partial charge is 0.230 e. The van der Waals surface area contributed by atoms with E-state index in [4.69, 9.17) is 4.74 Å². The second-order valence-electron chi connectivity index (χ2n) is 8.80. The normalized spacial score (nSPS) is 29.0. The fourth-order valence-electron chi connectivity index (χ4n) is 5.13. The summed E-state index contributed by atoms with van der Waals surface area (Å²) in [6, 6.07) is 8.14. The molecule has 4 heterocycles. The molecule has 30 heavy (non-hydrogen) atoms. The summed E-state index contributed by atoms with van der Waals surface area (Å²) in [6.45, 7) is 5.57. The number of carbonyl (C=O) groups excluding carboxylic acids is 2. The summed E-state index contributed by atoms with van der Waals surface area (Å²) < 4.78 is 6.25. The van der Waals surface area contributed by atoms with Crippen LogP contribution in [0, 0.1) is 25.7 Å². The summed E-state index contributed by atoms with van der Waals surface area (Å²) in [5.41, 5.74) is 3.64. The molecule has 2 fully saturated rings. The number of ether oxygens (including phenoxy) is 1. The fourth-order valence-corrected chi connectivity index (χ4v) is 5.13. The standard InChI is InChI=1S/C23H26N4O3/c1-14-4-5-15(2)16(10-14)11-27-13-23-8-6-18(30-23)19(20(23)22(27)29)21(28)26(3)12-17-7-9-24-25-17/h4-10,18-20H,11-13H2,1-3H3,(H,24,25)/t18-,19-,20-,23-/m0/s1. The number of rotatable bonds is 5. The molecular weight excluding hydrogens is 380 g/mol. The molecule has 0 unspecified atom stereocenters. The molecule has 1 N–H and O–H groups in total. The minimum absolute atomic E-state index is 0.0102. The Hall–Kier alpha value is -2.93. The monoisotopic (exact) mass is 406 g/mol. The van der Waals surface area contributed by atoms with Crippen LogP contribution in [-0.2, 0) is 27.4 Å². The molecule has 3 aliphatic rings. The van der Waals surface area contributed by atoms with E-state index in [9.17, 15) is 9.59 Å². The van der Waals surface area contributed by atoms with Crippen LogP contribution < -0.4 is 0 Å². The van der Waals surface area contributed by atoms with Gasteiger partial charge in [0.05, 0.1) is 36.7 Å². The highest BCUT2D eigenvalue weighted by molar-refractivity contribution is 5.93. The van der Waals surface area contributed by atoms with Crippen molar-refractivity contribution in [3.8, 4) is 0 Å². The number of aromatic nitrogens is 2. The molecule has 2 aromatic rings. The summed E-state index contributed by atoms with van der Waals surface area (Å²) in [4.78, 5) is 30.3. The van der Waals surface area contributed by atoms with Crippen LogP contribution in [0.1, 0.15) is 22.4 Å².